The molecule has 0 amide bonds. The molecule has 2 N–H and O–H groups in total. The van der Waals surface area contributed by atoms with Gasteiger partial charge in [0.25, 0.3) is 0 Å². The van der Waals surface area contributed by atoms with Gasteiger partial charge in [0.2, 0.25) is 0 Å². The molecule has 146 valence electrons. The summed E-state index contributed by atoms with van der Waals surface area (Å²) in [7, 11) is -20.6. The van der Waals surface area contributed by atoms with Crippen molar-refractivity contribution >= 4 is 30.4 Å². The van der Waals surface area contributed by atoms with Crippen LogP contribution in [0.15, 0.2) is 0 Å². The Hall–Kier alpha value is 6.52. The van der Waals surface area contributed by atoms with E-state index in [4.69, 9.17) is 9.79 Å². The largest absolute Gasteiger partial charge is 1.00 e. The van der Waals surface area contributed by atoms with Crippen LogP contribution in [-0.4, -0.2) is 57.8 Å². The van der Waals surface area contributed by atoms with Crippen molar-refractivity contribution in [3.05, 3.63) is 0 Å². The molecule has 0 spiro atoms. The quantitative estimate of drug-likeness (QED) is 0.173. The van der Waals surface area contributed by atoms with Gasteiger partial charge in [-0.05, 0) is 0 Å². The van der Waals surface area contributed by atoms with Crippen LogP contribution >= 0.6 is 30.4 Å². The van der Waals surface area contributed by atoms with Crippen LogP contribution < -0.4 is 207 Å². The zero-order valence-corrected chi connectivity index (χ0v) is 33.5. The molecule has 24 heteroatoms. The maximum Gasteiger partial charge on any atom is 1.00 e. The van der Waals surface area contributed by atoms with Crippen LogP contribution in [0.5, 0.6) is 0 Å². The molecule has 14 nitrogen and oxygen atoms in total. The summed E-state index contributed by atoms with van der Waals surface area (Å²) in [4.78, 5) is 82.5. The smallest absolute Gasteiger partial charge is 0.810 e. The summed E-state index contributed by atoms with van der Waals surface area (Å²) in [6, 6.07) is 0. The average molecular weight is 568 g/mol. The van der Waals surface area contributed by atoms with Gasteiger partial charge in [-0.25, -0.2) is 0 Å². The summed E-state index contributed by atoms with van der Waals surface area (Å²) in [5.74, 6) is 0. The van der Waals surface area contributed by atoms with Crippen molar-refractivity contribution in [3.8, 4) is 0 Å². The second kappa shape index (κ2) is 23.4. The molecular weight excluding hydrogens is 554 g/mol. The van der Waals surface area contributed by atoms with Gasteiger partial charge < -0.3 is 57.4 Å². The minimum Gasteiger partial charge on any atom is -0.810 e. The SMILES string of the molecule is O=P([O-])([O-])CN(CCN(CP(=O)([O-])O)CP(=O)([O-])O)CP(=O)([O-])[O-].[Na+].[Na+].[Na+].[Na+].[Na+].[Na+]. The van der Waals surface area contributed by atoms with Crippen molar-refractivity contribution < 1.29 is 235 Å². The van der Waals surface area contributed by atoms with Crippen molar-refractivity contribution in [1.82, 2.24) is 9.80 Å². The Bertz CT molecular complexity index is 508. The van der Waals surface area contributed by atoms with Crippen LogP contribution in [0.1, 0.15) is 0 Å². The minimum absolute atomic E-state index is 0. The number of rotatable bonds is 11. The first-order valence-electron chi connectivity index (χ1n) is 5.89. The Morgan fingerprint density at radius 1 is 0.500 bits per heavy atom. The van der Waals surface area contributed by atoms with E-state index >= 15 is 0 Å². The van der Waals surface area contributed by atoms with Crippen molar-refractivity contribution in [3.63, 3.8) is 0 Å². The molecule has 0 rings (SSSR count). The molecule has 0 aliphatic carbocycles. The van der Waals surface area contributed by atoms with Gasteiger partial charge in [0.15, 0.2) is 0 Å². The summed E-state index contributed by atoms with van der Waals surface area (Å²) in [5, 5.41) is 0. The van der Waals surface area contributed by atoms with E-state index in [1.165, 1.54) is 0 Å². The summed E-state index contributed by atoms with van der Waals surface area (Å²) in [5.41, 5.74) is 0. The average Bonchev–Trinajstić information content (AvgIpc) is 2.16. The minimum atomic E-state index is -5.27. The topological polar surface area (TPSA) is 254 Å². The van der Waals surface area contributed by atoms with Gasteiger partial charge in [-0.15, -0.1) is 0 Å². The third kappa shape index (κ3) is 39.0. The molecule has 0 saturated carbocycles. The third-order valence-corrected chi connectivity index (χ3v) is 5.24. The van der Waals surface area contributed by atoms with Crippen molar-refractivity contribution in [1.29, 1.82) is 0 Å². The van der Waals surface area contributed by atoms with Crippen molar-refractivity contribution in [2.24, 2.45) is 0 Å². The molecule has 0 fully saturated rings. The first-order chi connectivity index (χ1) is 10.4. The summed E-state index contributed by atoms with van der Waals surface area (Å²) < 4.78 is 43.0. The number of hydrogen-bond donors (Lipinski definition) is 2. The Kier molecular flexibility index (Phi) is 41.3. The Balaban J connectivity index is -0.000000176. The molecule has 0 bridgehead atoms. The fourth-order valence-electron chi connectivity index (χ4n) is 1.65. The molecule has 0 heterocycles. The van der Waals surface area contributed by atoms with E-state index in [9.17, 15) is 47.6 Å². The van der Waals surface area contributed by atoms with Gasteiger partial charge in [-0.3, -0.25) is 9.80 Å². The van der Waals surface area contributed by atoms with Gasteiger partial charge in [0.1, 0.15) is 15.2 Å². The zero-order valence-electron chi connectivity index (χ0n) is 17.9. The molecule has 2 unspecified atom stereocenters. The Morgan fingerprint density at radius 3 is 0.867 bits per heavy atom. The van der Waals surface area contributed by atoms with E-state index < -0.39 is 68.6 Å². The summed E-state index contributed by atoms with van der Waals surface area (Å²) >= 11 is 0. The fourth-order valence-corrected chi connectivity index (χ4v) is 4.92. The van der Waals surface area contributed by atoms with Crippen molar-refractivity contribution in [2.75, 3.05) is 38.2 Å². The summed E-state index contributed by atoms with van der Waals surface area (Å²) in [6.07, 6.45) is -5.27. The second-order valence-electron chi connectivity index (χ2n) is 4.85. The number of nitrogens with zero attached hydrogens (tertiary/aromatic N) is 2. The zero-order chi connectivity index (χ0) is 19.4. The predicted octanol–water partition coefficient (Wildman–Crippen LogP) is -23.6. The van der Waals surface area contributed by atoms with Gasteiger partial charge in [0.05, 0.1) is 12.6 Å². The first-order valence-corrected chi connectivity index (χ1v) is 12.9. The van der Waals surface area contributed by atoms with Gasteiger partial charge in [-0.2, -0.15) is 0 Å². The maximum absolute atomic E-state index is 10.8. The molecule has 0 aromatic rings. The first kappa shape index (κ1) is 52.9. The third-order valence-electron chi connectivity index (χ3n) is 2.24. The molecule has 0 aromatic heterocycles. The molecule has 0 aromatic carbocycles. The maximum atomic E-state index is 10.8. The molecule has 0 aliphatic heterocycles. The van der Waals surface area contributed by atoms with E-state index in [2.05, 4.69) is 0 Å². The van der Waals surface area contributed by atoms with Gasteiger partial charge in [-0.1, -0.05) is 15.2 Å². The van der Waals surface area contributed by atoms with Crippen molar-refractivity contribution in [2.45, 2.75) is 0 Å². The van der Waals surface area contributed by atoms with E-state index in [0.717, 1.165) is 0 Å². The molecule has 0 saturated heterocycles. The standard InChI is InChI=1S/C6H20N2O12P4.6Na/c9-21(10,11)3-7(4-22(12,13)14)1-2-8(5-23(15,16)17)6-24(18,19)20;;;;;;/h1-6H2,(H2,9,10,11)(H2,12,13,14)(H2,15,16,17)(H2,18,19,20);;;;;;/q;6*+1/p-6. The summed E-state index contributed by atoms with van der Waals surface area (Å²) in [6.45, 7) is -1.41. The van der Waals surface area contributed by atoms with Gasteiger partial charge in [0, 0.05) is 25.7 Å². The van der Waals surface area contributed by atoms with Crippen LogP contribution in [0.2, 0.25) is 0 Å². The predicted molar refractivity (Wildman–Crippen MR) is 67.7 cm³/mol. The monoisotopic (exact) mass is 568 g/mol. The molecule has 0 aliphatic rings. The van der Waals surface area contributed by atoms with E-state index in [1.807, 2.05) is 0 Å². The van der Waals surface area contributed by atoms with Gasteiger partial charge >= 0.3 is 177 Å². The molecule has 0 radical (unpaired) electrons. The van der Waals surface area contributed by atoms with Crippen LogP contribution in [0.4, 0.5) is 0 Å². The number of hydrogen-bond acceptors (Lipinski definition) is 12. The Morgan fingerprint density at radius 2 is 0.700 bits per heavy atom. The fraction of sp³-hybridized carbons (Fsp3) is 1.00. The van der Waals surface area contributed by atoms with E-state index in [1.54, 1.807) is 0 Å². The van der Waals surface area contributed by atoms with Crippen LogP contribution in [0.3, 0.4) is 0 Å². The van der Waals surface area contributed by atoms with E-state index in [-0.39, 0.29) is 177 Å². The van der Waals surface area contributed by atoms with Crippen LogP contribution in [-0.2, 0) is 18.3 Å². The normalized spacial score (nSPS) is 14.9. The molecule has 30 heavy (non-hydrogen) atoms. The van der Waals surface area contributed by atoms with E-state index in [0.29, 0.717) is 9.80 Å². The Labute approximate surface area is 307 Å². The molecule has 2 atom stereocenters. The molecular formula is C6H14N2Na6O12P4. The van der Waals surface area contributed by atoms with Crippen LogP contribution in [0, 0.1) is 0 Å². The second-order valence-corrected chi connectivity index (χ2v) is 11.0. The van der Waals surface area contributed by atoms with Crippen LogP contribution in [0.25, 0.3) is 0 Å².